The summed E-state index contributed by atoms with van der Waals surface area (Å²) in [5, 5.41) is 5.00. The predicted molar refractivity (Wildman–Crippen MR) is 119 cm³/mol. The predicted octanol–water partition coefficient (Wildman–Crippen LogP) is 1.63. The molecule has 0 atom stereocenters. The van der Waals surface area contributed by atoms with E-state index in [1.165, 1.54) is 23.0 Å². The second kappa shape index (κ2) is 8.63. The number of aromatic nitrogens is 3. The van der Waals surface area contributed by atoms with Crippen LogP contribution in [0.3, 0.4) is 0 Å². The van der Waals surface area contributed by atoms with E-state index in [2.05, 4.69) is 15.2 Å². The number of nitrogens with one attached hydrogen (secondary N) is 1. The largest absolute Gasteiger partial charge is 0.462 e. The van der Waals surface area contributed by atoms with Gasteiger partial charge in [-0.3, -0.25) is 18.7 Å². The summed E-state index contributed by atoms with van der Waals surface area (Å²) in [5.74, 6) is -1.04. The van der Waals surface area contributed by atoms with E-state index in [-0.39, 0.29) is 23.7 Å². The van der Waals surface area contributed by atoms with E-state index in [1.807, 2.05) is 0 Å². The zero-order valence-corrected chi connectivity index (χ0v) is 18.7. The molecule has 3 aromatic rings. The second-order valence-corrected chi connectivity index (χ2v) is 8.90. The third kappa shape index (κ3) is 4.00. The molecule has 4 heterocycles. The first-order chi connectivity index (χ1) is 14.9. The maximum Gasteiger partial charge on any atom is 0.350 e. The molecule has 0 bridgehead atoms. The summed E-state index contributed by atoms with van der Waals surface area (Å²) in [7, 11) is 1.38. The number of thiazole rings is 1. The van der Waals surface area contributed by atoms with Crippen LogP contribution in [0.1, 0.15) is 29.4 Å². The van der Waals surface area contributed by atoms with Crippen LogP contribution in [0.2, 0.25) is 0 Å². The first kappa shape index (κ1) is 21.2. The standard InChI is InChI=1S/C19H21N5O5S2/c1-3-29-17(27)13-11(6-9-30-13)20-12(25)10-24-15-14(16(26)22(2)19(24)28)31-18(21-15)23-7-4-5-8-23/h6,9H,3-5,7-8,10H2,1-2H3,(H,20,25). The normalized spacial score (nSPS) is 13.7. The molecule has 10 nitrogen and oxygen atoms in total. The van der Waals surface area contributed by atoms with Gasteiger partial charge in [0.2, 0.25) is 5.91 Å². The molecule has 12 heteroatoms. The van der Waals surface area contributed by atoms with Crippen molar-refractivity contribution in [1.82, 2.24) is 14.1 Å². The number of hydrogen-bond acceptors (Lipinski definition) is 9. The Morgan fingerprint density at radius 1 is 1.26 bits per heavy atom. The summed E-state index contributed by atoms with van der Waals surface area (Å²) in [5.41, 5.74) is -0.534. The molecule has 1 aliphatic heterocycles. The minimum Gasteiger partial charge on any atom is -0.462 e. The lowest BCUT2D eigenvalue weighted by Gasteiger charge is -2.12. The number of rotatable bonds is 6. The van der Waals surface area contributed by atoms with Crippen molar-refractivity contribution >= 4 is 55.7 Å². The van der Waals surface area contributed by atoms with Crippen molar-refractivity contribution in [2.24, 2.45) is 7.05 Å². The van der Waals surface area contributed by atoms with Gasteiger partial charge >= 0.3 is 11.7 Å². The van der Waals surface area contributed by atoms with E-state index >= 15 is 0 Å². The Kier molecular flexibility index (Phi) is 5.92. The summed E-state index contributed by atoms with van der Waals surface area (Å²) in [4.78, 5) is 57.0. The van der Waals surface area contributed by atoms with Crippen molar-refractivity contribution in [3.05, 3.63) is 37.2 Å². The van der Waals surface area contributed by atoms with Crippen LogP contribution in [0.25, 0.3) is 10.3 Å². The number of amides is 1. The number of fused-ring (bicyclic) bond motifs is 1. The van der Waals surface area contributed by atoms with Gasteiger partial charge in [0.25, 0.3) is 5.56 Å². The lowest BCUT2D eigenvalue weighted by molar-refractivity contribution is -0.116. The van der Waals surface area contributed by atoms with E-state index in [1.54, 1.807) is 18.4 Å². The fourth-order valence-electron chi connectivity index (χ4n) is 3.42. The zero-order chi connectivity index (χ0) is 22.1. The van der Waals surface area contributed by atoms with Crippen LogP contribution in [-0.2, 0) is 23.1 Å². The first-order valence-electron chi connectivity index (χ1n) is 9.80. The third-order valence-corrected chi connectivity index (χ3v) is 6.94. The van der Waals surface area contributed by atoms with E-state index in [0.717, 1.165) is 41.8 Å². The molecule has 1 aliphatic rings. The number of carbonyl (C=O) groups excluding carboxylic acids is 2. The molecular weight excluding hydrogens is 442 g/mol. The smallest absolute Gasteiger partial charge is 0.350 e. The van der Waals surface area contributed by atoms with Gasteiger partial charge in [0.15, 0.2) is 10.8 Å². The van der Waals surface area contributed by atoms with E-state index in [0.29, 0.717) is 15.5 Å². The highest BCUT2D eigenvalue weighted by Gasteiger charge is 2.23. The van der Waals surface area contributed by atoms with Crippen LogP contribution in [0.4, 0.5) is 10.8 Å². The fourth-order valence-corrected chi connectivity index (χ4v) is 5.26. The molecule has 0 spiro atoms. The zero-order valence-electron chi connectivity index (χ0n) is 17.0. The fraction of sp³-hybridized carbons (Fsp3) is 0.421. The van der Waals surface area contributed by atoms with Gasteiger partial charge in [0.05, 0.1) is 12.3 Å². The van der Waals surface area contributed by atoms with Crippen molar-refractivity contribution in [1.29, 1.82) is 0 Å². The van der Waals surface area contributed by atoms with Crippen LogP contribution in [0.15, 0.2) is 21.0 Å². The number of thiophene rings is 1. The maximum atomic E-state index is 12.8. The Bertz CT molecular complexity index is 1260. The highest BCUT2D eigenvalue weighted by atomic mass is 32.1. The quantitative estimate of drug-likeness (QED) is 0.553. The monoisotopic (exact) mass is 463 g/mol. The topological polar surface area (TPSA) is 116 Å². The number of anilines is 2. The van der Waals surface area contributed by atoms with Gasteiger partial charge in [-0.1, -0.05) is 11.3 Å². The number of carbonyl (C=O) groups is 2. The number of ether oxygens (including phenoxy) is 1. The van der Waals surface area contributed by atoms with Gasteiger partial charge in [-0.25, -0.2) is 14.6 Å². The van der Waals surface area contributed by atoms with Gasteiger partial charge in [-0.05, 0) is 31.2 Å². The van der Waals surface area contributed by atoms with Crippen molar-refractivity contribution in [2.75, 3.05) is 29.9 Å². The highest BCUT2D eigenvalue weighted by molar-refractivity contribution is 7.22. The number of hydrogen-bond donors (Lipinski definition) is 1. The molecule has 1 saturated heterocycles. The minimum absolute atomic E-state index is 0.200. The van der Waals surface area contributed by atoms with Gasteiger partial charge in [-0.15, -0.1) is 11.3 Å². The minimum atomic E-state index is -0.623. The van der Waals surface area contributed by atoms with Crippen molar-refractivity contribution in [3.63, 3.8) is 0 Å². The number of esters is 1. The Morgan fingerprint density at radius 3 is 2.71 bits per heavy atom. The van der Waals surface area contributed by atoms with Crippen LogP contribution in [-0.4, -0.2) is 45.7 Å². The Labute approximate surface area is 184 Å². The molecule has 4 rings (SSSR count). The highest BCUT2D eigenvalue weighted by Crippen LogP contribution is 2.28. The van der Waals surface area contributed by atoms with Gasteiger partial charge in [0.1, 0.15) is 16.1 Å². The molecule has 0 unspecified atom stereocenters. The van der Waals surface area contributed by atoms with Crippen LogP contribution in [0.5, 0.6) is 0 Å². The summed E-state index contributed by atoms with van der Waals surface area (Å²) < 4.78 is 7.51. The lowest BCUT2D eigenvalue weighted by Crippen LogP contribution is -2.40. The van der Waals surface area contributed by atoms with Crippen LogP contribution in [0, 0.1) is 0 Å². The molecule has 0 radical (unpaired) electrons. The molecule has 31 heavy (non-hydrogen) atoms. The Hall–Kier alpha value is -2.99. The maximum absolute atomic E-state index is 12.8. The van der Waals surface area contributed by atoms with Crippen molar-refractivity contribution in [3.8, 4) is 0 Å². The lowest BCUT2D eigenvalue weighted by atomic mass is 10.3. The SMILES string of the molecule is CCOC(=O)c1sccc1NC(=O)Cn1c(=O)n(C)c(=O)c2sc(N3CCCC3)nc21. The molecule has 1 fully saturated rings. The van der Waals surface area contributed by atoms with Gasteiger partial charge in [0, 0.05) is 20.1 Å². The van der Waals surface area contributed by atoms with E-state index in [4.69, 9.17) is 4.74 Å². The molecule has 1 amide bonds. The summed E-state index contributed by atoms with van der Waals surface area (Å²) >= 11 is 2.39. The van der Waals surface area contributed by atoms with E-state index in [9.17, 15) is 19.2 Å². The third-order valence-electron chi connectivity index (χ3n) is 4.95. The molecule has 0 saturated carbocycles. The van der Waals surface area contributed by atoms with Gasteiger partial charge in [-0.2, -0.15) is 0 Å². The average molecular weight is 464 g/mol. The summed E-state index contributed by atoms with van der Waals surface area (Å²) in [6, 6.07) is 1.60. The first-order valence-corrected chi connectivity index (χ1v) is 11.5. The van der Waals surface area contributed by atoms with Crippen LogP contribution >= 0.6 is 22.7 Å². The van der Waals surface area contributed by atoms with Crippen molar-refractivity contribution < 1.29 is 14.3 Å². The van der Waals surface area contributed by atoms with Crippen LogP contribution < -0.4 is 21.5 Å². The number of nitrogens with zero attached hydrogens (tertiary/aromatic N) is 4. The Balaban J connectivity index is 1.66. The molecule has 3 aromatic heterocycles. The summed E-state index contributed by atoms with van der Waals surface area (Å²) in [6.07, 6.45) is 2.10. The molecule has 164 valence electrons. The van der Waals surface area contributed by atoms with E-state index < -0.39 is 23.1 Å². The molecule has 0 aromatic carbocycles. The molecule has 1 N–H and O–H groups in total. The van der Waals surface area contributed by atoms with Crippen molar-refractivity contribution in [2.45, 2.75) is 26.3 Å². The van der Waals surface area contributed by atoms with Gasteiger partial charge < -0.3 is 15.0 Å². The molecule has 0 aliphatic carbocycles. The molecular formula is C19H21N5O5S2. The Morgan fingerprint density at radius 2 is 2.00 bits per heavy atom. The second-order valence-electron chi connectivity index (χ2n) is 7.01. The average Bonchev–Trinajstić information content (AvgIpc) is 3.49. The summed E-state index contributed by atoms with van der Waals surface area (Å²) in [6.45, 7) is 3.27.